The third kappa shape index (κ3) is 7.84. The summed E-state index contributed by atoms with van der Waals surface area (Å²) in [6.07, 6.45) is 2.34. The third-order valence-electron chi connectivity index (χ3n) is 4.69. The van der Waals surface area contributed by atoms with Crippen molar-refractivity contribution in [1.29, 1.82) is 0 Å². The highest BCUT2D eigenvalue weighted by Crippen LogP contribution is 2.30. The van der Waals surface area contributed by atoms with Gasteiger partial charge in [0.1, 0.15) is 0 Å². The fourth-order valence-electron chi connectivity index (χ4n) is 3.10. The number of rotatable bonds is 14. The van der Waals surface area contributed by atoms with Gasteiger partial charge >= 0.3 is 0 Å². The van der Waals surface area contributed by atoms with Crippen LogP contribution in [0.5, 0.6) is 23.0 Å². The van der Waals surface area contributed by atoms with Crippen LogP contribution in [0.2, 0.25) is 0 Å². The van der Waals surface area contributed by atoms with Crippen molar-refractivity contribution >= 4 is 15.7 Å². The van der Waals surface area contributed by atoms with Crippen LogP contribution >= 0.6 is 0 Å². The minimum atomic E-state index is -3.44. The molecule has 0 heterocycles. The SMILES string of the molecule is COc1ccc(CCCNCCCS(=O)(=O)Nc2ccc(OC)c(OC)c2)cc1OC. The maximum Gasteiger partial charge on any atom is 0.232 e. The molecule has 8 nitrogen and oxygen atoms in total. The van der Waals surface area contributed by atoms with Gasteiger partial charge in [0.15, 0.2) is 23.0 Å². The van der Waals surface area contributed by atoms with Crippen LogP contribution < -0.4 is 29.0 Å². The van der Waals surface area contributed by atoms with E-state index >= 15 is 0 Å². The number of benzene rings is 2. The zero-order valence-electron chi connectivity index (χ0n) is 18.6. The second-order valence-corrected chi connectivity index (χ2v) is 8.73. The molecule has 9 heteroatoms. The maximum absolute atomic E-state index is 12.3. The Hall–Kier alpha value is -2.65. The van der Waals surface area contributed by atoms with Gasteiger partial charge in [0.05, 0.1) is 39.9 Å². The molecule has 0 spiro atoms. The number of ether oxygens (including phenoxy) is 4. The Morgan fingerprint density at radius 1 is 0.742 bits per heavy atom. The molecule has 0 saturated heterocycles. The molecule has 0 atom stereocenters. The normalized spacial score (nSPS) is 11.1. The maximum atomic E-state index is 12.3. The summed E-state index contributed by atoms with van der Waals surface area (Å²) in [5, 5.41) is 3.29. The van der Waals surface area contributed by atoms with Gasteiger partial charge in [0.25, 0.3) is 0 Å². The van der Waals surface area contributed by atoms with E-state index in [2.05, 4.69) is 10.0 Å². The van der Waals surface area contributed by atoms with Gasteiger partial charge in [-0.3, -0.25) is 4.72 Å². The number of sulfonamides is 1. The minimum absolute atomic E-state index is 0.0318. The highest BCUT2D eigenvalue weighted by Gasteiger charge is 2.12. The first-order valence-electron chi connectivity index (χ1n) is 10.1. The van der Waals surface area contributed by atoms with E-state index in [1.165, 1.54) is 19.8 Å². The van der Waals surface area contributed by atoms with Crippen LogP contribution in [0.4, 0.5) is 5.69 Å². The zero-order chi connectivity index (χ0) is 22.7. The molecular weight excluding hydrogens is 420 g/mol. The summed E-state index contributed by atoms with van der Waals surface area (Å²) in [4.78, 5) is 0. The first-order valence-corrected chi connectivity index (χ1v) is 11.7. The van der Waals surface area contributed by atoms with Gasteiger partial charge in [-0.1, -0.05) is 6.07 Å². The van der Waals surface area contributed by atoms with Gasteiger partial charge in [-0.05, 0) is 62.2 Å². The second kappa shape index (κ2) is 12.3. The van der Waals surface area contributed by atoms with Crippen molar-refractivity contribution in [2.75, 3.05) is 52.0 Å². The van der Waals surface area contributed by atoms with E-state index in [4.69, 9.17) is 18.9 Å². The molecule has 0 aliphatic heterocycles. The molecular formula is C22H32N2O6S. The number of aryl methyl sites for hydroxylation is 1. The average Bonchev–Trinajstić information content (AvgIpc) is 2.77. The van der Waals surface area contributed by atoms with Crippen molar-refractivity contribution in [1.82, 2.24) is 5.32 Å². The van der Waals surface area contributed by atoms with Crippen molar-refractivity contribution in [3.8, 4) is 23.0 Å². The molecule has 0 bridgehead atoms. The van der Waals surface area contributed by atoms with Gasteiger partial charge in [-0.15, -0.1) is 0 Å². The number of hydrogen-bond acceptors (Lipinski definition) is 7. The predicted octanol–water partition coefficient (Wildman–Crippen LogP) is 3.08. The average molecular weight is 453 g/mol. The van der Waals surface area contributed by atoms with E-state index in [9.17, 15) is 8.42 Å². The molecule has 0 aliphatic carbocycles. The lowest BCUT2D eigenvalue weighted by molar-refractivity contribution is 0.354. The summed E-state index contributed by atoms with van der Waals surface area (Å²) in [5.74, 6) is 2.48. The molecule has 0 amide bonds. The van der Waals surface area contributed by atoms with E-state index in [0.717, 1.165) is 25.1 Å². The van der Waals surface area contributed by atoms with Crippen molar-refractivity contribution in [3.63, 3.8) is 0 Å². The van der Waals surface area contributed by atoms with Crippen LogP contribution in [0.3, 0.4) is 0 Å². The molecule has 2 aromatic rings. The molecule has 0 saturated carbocycles. The van der Waals surface area contributed by atoms with Gasteiger partial charge in [0, 0.05) is 6.07 Å². The van der Waals surface area contributed by atoms with Crippen molar-refractivity contribution in [3.05, 3.63) is 42.0 Å². The number of anilines is 1. The zero-order valence-corrected chi connectivity index (χ0v) is 19.4. The first-order chi connectivity index (χ1) is 14.9. The molecule has 0 aromatic heterocycles. The molecule has 0 unspecified atom stereocenters. The summed E-state index contributed by atoms with van der Waals surface area (Å²) >= 11 is 0. The number of hydrogen-bond donors (Lipinski definition) is 2. The Balaban J connectivity index is 1.69. The molecule has 31 heavy (non-hydrogen) atoms. The topological polar surface area (TPSA) is 95.1 Å². The molecule has 172 valence electrons. The monoisotopic (exact) mass is 452 g/mol. The largest absolute Gasteiger partial charge is 0.493 e. The first kappa shape index (κ1) is 24.6. The van der Waals surface area contributed by atoms with Gasteiger partial charge in [-0.2, -0.15) is 0 Å². The second-order valence-electron chi connectivity index (χ2n) is 6.89. The van der Waals surface area contributed by atoms with Crippen LogP contribution in [-0.4, -0.2) is 55.7 Å². The molecule has 0 fully saturated rings. The molecule has 2 aromatic carbocycles. The number of methoxy groups -OCH3 is 4. The molecule has 0 radical (unpaired) electrons. The highest BCUT2D eigenvalue weighted by atomic mass is 32.2. The summed E-state index contributed by atoms with van der Waals surface area (Å²) in [6.45, 7) is 1.43. The molecule has 2 N–H and O–H groups in total. The Labute approximate surface area is 184 Å². The third-order valence-corrected chi connectivity index (χ3v) is 6.06. The standard InChI is InChI=1S/C22H32N2O6S/c1-27-19-10-8-17(15-21(19)29-3)7-5-12-23-13-6-14-31(25,26)24-18-9-11-20(28-2)22(16-18)30-4/h8-11,15-16,23-24H,5-7,12-14H2,1-4H3. The van der Waals surface area contributed by atoms with E-state index in [0.29, 0.717) is 35.9 Å². The fourth-order valence-corrected chi connectivity index (χ4v) is 4.21. The van der Waals surface area contributed by atoms with Gasteiger partial charge in [0.2, 0.25) is 10.0 Å². The van der Waals surface area contributed by atoms with Crippen LogP contribution in [0.25, 0.3) is 0 Å². The van der Waals surface area contributed by atoms with E-state index < -0.39 is 10.0 Å². The Morgan fingerprint density at radius 2 is 1.32 bits per heavy atom. The Bertz CT molecular complexity index is 934. The van der Waals surface area contributed by atoms with Gasteiger partial charge in [-0.25, -0.2) is 8.42 Å². The van der Waals surface area contributed by atoms with Crippen molar-refractivity contribution < 1.29 is 27.4 Å². The lowest BCUT2D eigenvalue weighted by atomic mass is 10.1. The van der Waals surface area contributed by atoms with Crippen LogP contribution in [0, 0.1) is 0 Å². The number of nitrogens with one attached hydrogen (secondary N) is 2. The van der Waals surface area contributed by atoms with Crippen LogP contribution in [0.15, 0.2) is 36.4 Å². The van der Waals surface area contributed by atoms with Crippen LogP contribution in [-0.2, 0) is 16.4 Å². The van der Waals surface area contributed by atoms with Crippen molar-refractivity contribution in [2.45, 2.75) is 19.3 Å². The minimum Gasteiger partial charge on any atom is -0.493 e. The smallest absolute Gasteiger partial charge is 0.232 e. The Morgan fingerprint density at radius 3 is 1.97 bits per heavy atom. The van der Waals surface area contributed by atoms with Gasteiger partial charge < -0.3 is 24.3 Å². The summed E-state index contributed by atoms with van der Waals surface area (Å²) in [5.41, 5.74) is 1.61. The van der Waals surface area contributed by atoms with Crippen molar-refractivity contribution in [2.24, 2.45) is 0 Å². The summed E-state index contributed by atoms with van der Waals surface area (Å²) < 4.78 is 48.1. The van der Waals surface area contributed by atoms with Crippen LogP contribution in [0.1, 0.15) is 18.4 Å². The fraction of sp³-hybridized carbons (Fsp3) is 0.455. The summed E-state index contributed by atoms with van der Waals surface area (Å²) in [6, 6.07) is 10.8. The van der Waals surface area contributed by atoms with E-state index in [1.54, 1.807) is 32.4 Å². The lowest BCUT2D eigenvalue weighted by Gasteiger charge is -2.12. The van der Waals surface area contributed by atoms with E-state index in [-0.39, 0.29) is 5.75 Å². The quantitative estimate of drug-likeness (QED) is 0.425. The highest BCUT2D eigenvalue weighted by molar-refractivity contribution is 7.92. The predicted molar refractivity (Wildman–Crippen MR) is 122 cm³/mol. The molecule has 0 aliphatic rings. The van der Waals surface area contributed by atoms with E-state index in [1.807, 2.05) is 18.2 Å². The Kier molecular flexibility index (Phi) is 9.74. The molecule has 2 rings (SSSR count). The lowest BCUT2D eigenvalue weighted by Crippen LogP contribution is -2.23. The summed E-state index contributed by atoms with van der Waals surface area (Å²) in [7, 11) is 2.83.